The van der Waals surface area contributed by atoms with Crippen LogP contribution >= 0.6 is 11.6 Å². The number of aliphatic hydroxyl groups excluding tert-OH is 1. The Morgan fingerprint density at radius 2 is 2.09 bits per heavy atom. The Morgan fingerprint density at radius 1 is 1.30 bits per heavy atom. The van der Waals surface area contributed by atoms with E-state index >= 15 is 0 Å². The Hall–Kier alpha value is -1.37. The summed E-state index contributed by atoms with van der Waals surface area (Å²) in [6.07, 6.45) is 6.30. The van der Waals surface area contributed by atoms with Crippen molar-refractivity contribution in [2.75, 3.05) is 18.4 Å². The predicted molar refractivity (Wildman–Crippen MR) is 89.6 cm³/mol. The number of hydrogen-bond donors (Lipinski definition) is 3. The maximum Gasteiger partial charge on any atom is 0.319 e. The summed E-state index contributed by atoms with van der Waals surface area (Å²) >= 11 is 5.93. The molecule has 3 rings (SSSR count). The third-order valence-electron chi connectivity index (χ3n) is 4.79. The molecule has 2 amide bonds. The monoisotopic (exact) mass is 338 g/mol. The van der Waals surface area contributed by atoms with Crippen LogP contribution < -0.4 is 10.6 Å². The van der Waals surface area contributed by atoms with Crippen molar-refractivity contribution in [1.82, 2.24) is 15.2 Å². The van der Waals surface area contributed by atoms with Crippen LogP contribution in [0.4, 0.5) is 10.5 Å². The van der Waals surface area contributed by atoms with E-state index in [4.69, 9.17) is 11.6 Å². The summed E-state index contributed by atoms with van der Waals surface area (Å²) in [6.45, 7) is 1.83. The maximum atomic E-state index is 12.1. The van der Waals surface area contributed by atoms with Gasteiger partial charge in [-0.3, -0.25) is 4.90 Å². The second kappa shape index (κ2) is 7.47. The summed E-state index contributed by atoms with van der Waals surface area (Å²) in [6, 6.07) is 3.66. The van der Waals surface area contributed by atoms with E-state index in [1.54, 1.807) is 18.3 Å². The van der Waals surface area contributed by atoms with Gasteiger partial charge in [-0.25, -0.2) is 9.78 Å². The van der Waals surface area contributed by atoms with Gasteiger partial charge in [0.1, 0.15) is 0 Å². The van der Waals surface area contributed by atoms with E-state index in [0.29, 0.717) is 11.7 Å². The summed E-state index contributed by atoms with van der Waals surface area (Å²) in [4.78, 5) is 18.4. The number of rotatable bonds is 3. The number of carbonyl (C=O) groups excluding carboxylic acids is 1. The van der Waals surface area contributed by atoms with Crippen LogP contribution in [0.25, 0.3) is 0 Å². The van der Waals surface area contributed by atoms with Gasteiger partial charge >= 0.3 is 6.03 Å². The van der Waals surface area contributed by atoms with Crippen molar-refractivity contribution >= 4 is 23.3 Å². The van der Waals surface area contributed by atoms with Crippen molar-refractivity contribution in [3.63, 3.8) is 0 Å². The fourth-order valence-electron chi connectivity index (χ4n) is 3.55. The third-order valence-corrected chi connectivity index (χ3v) is 5.09. The van der Waals surface area contributed by atoms with E-state index in [-0.39, 0.29) is 23.3 Å². The summed E-state index contributed by atoms with van der Waals surface area (Å²) in [5.41, 5.74) is 0.512. The van der Waals surface area contributed by atoms with Crippen LogP contribution in [0, 0.1) is 0 Å². The van der Waals surface area contributed by atoms with Crippen LogP contribution in [0.1, 0.15) is 32.1 Å². The second-order valence-electron chi connectivity index (χ2n) is 6.32. The highest BCUT2D eigenvalue weighted by Gasteiger charge is 2.33. The molecule has 1 aliphatic carbocycles. The first kappa shape index (κ1) is 16.5. The molecular formula is C16H23ClN4O2. The largest absolute Gasteiger partial charge is 0.391 e. The van der Waals surface area contributed by atoms with Crippen molar-refractivity contribution in [3.8, 4) is 0 Å². The second-order valence-corrected chi connectivity index (χ2v) is 6.67. The molecular weight excluding hydrogens is 316 g/mol. The molecule has 1 aliphatic heterocycles. The number of nitrogens with zero attached hydrogens (tertiary/aromatic N) is 2. The predicted octanol–water partition coefficient (Wildman–Crippen LogP) is 2.23. The zero-order chi connectivity index (χ0) is 16.2. The Kier molecular flexibility index (Phi) is 5.35. The first-order valence-corrected chi connectivity index (χ1v) is 8.61. The van der Waals surface area contributed by atoms with Crippen LogP contribution in [-0.2, 0) is 0 Å². The van der Waals surface area contributed by atoms with Gasteiger partial charge in [0, 0.05) is 31.4 Å². The highest BCUT2D eigenvalue weighted by atomic mass is 35.5. The van der Waals surface area contributed by atoms with Gasteiger partial charge in [0.15, 0.2) is 5.15 Å². The number of piperidine rings is 1. The van der Waals surface area contributed by atoms with Crippen molar-refractivity contribution in [3.05, 3.63) is 23.5 Å². The molecule has 2 atom stereocenters. The number of nitrogens with one attached hydrogen (secondary N) is 2. The molecule has 0 bridgehead atoms. The minimum Gasteiger partial charge on any atom is -0.391 e. The Morgan fingerprint density at radius 3 is 2.74 bits per heavy atom. The summed E-state index contributed by atoms with van der Waals surface area (Å²) in [5.74, 6) is 0. The number of aliphatic hydroxyl groups is 1. The molecule has 1 saturated carbocycles. The Labute approximate surface area is 141 Å². The molecule has 7 heteroatoms. The van der Waals surface area contributed by atoms with Crippen LogP contribution in [0.15, 0.2) is 18.3 Å². The number of aromatic nitrogens is 1. The molecule has 3 N–H and O–H groups in total. The number of halogens is 1. The first-order chi connectivity index (χ1) is 11.1. The third kappa shape index (κ3) is 4.13. The van der Waals surface area contributed by atoms with Gasteiger partial charge < -0.3 is 15.7 Å². The van der Waals surface area contributed by atoms with Crippen molar-refractivity contribution in [2.24, 2.45) is 0 Å². The molecule has 1 aromatic heterocycles. The lowest BCUT2D eigenvalue weighted by atomic mass is 10.0. The zero-order valence-electron chi connectivity index (χ0n) is 13.0. The van der Waals surface area contributed by atoms with Crippen LogP contribution in [0.2, 0.25) is 5.15 Å². The minimum absolute atomic E-state index is 0.153. The van der Waals surface area contributed by atoms with Crippen LogP contribution in [-0.4, -0.2) is 52.3 Å². The van der Waals surface area contributed by atoms with E-state index in [1.165, 1.54) is 0 Å². The lowest BCUT2D eigenvalue weighted by Crippen LogP contribution is -2.50. The number of urea groups is 1. The van der Waals surface area contributed by atoms with Crippen molar-refractivity contribution in [2.45, 2.75) is 50.3 Å². The lowest BCUT2D eigenvalue weighted by molar-refractivity contribution is 0.0537. The fourth-order valence-corrected chi connectivity index (χ4v) is 3.71. The van der Waals surface area contributed by atoms with Gasteiger partial charge in [0.25, 0.3) is 0 Å². The number of anilines is 1. The van der Waals surface area contributed by atoms with Gasteiger partial charge in [-0.15, -0.1) is 0 Å². The molecule has 23 heavy (non-hydrogen) atoms. The van der Waals surface area contributed by atoms with Gasteiger partial charge in [0.2, 0.25) is 0 Å². The highest BCUT2D eigenvalue weighted by molar-refractivity contribution is 6.32. The SMILES string of the molecule is O=C(Nc1cccnc1Cl)NC1CCN([C@H]2CCC[C@H]2O)CC1. The van der Waals surface area contributed by atoms with Gasteiger partial charge in [0.05, 0.1) is 11.8 Å². The molecule has 1 saturated heterocycles. The number of pyridine rings is 1. The Bertz CT molecular complexity index is 549. The summed E-state index contributed by atoms with van der Waals surface area (Å²) in [7, 11) is 0. The fraction of sp³-hybridized carbons (Fsp3) is 0.625. The first-order valence-electron chi connectivity index (χ1n) is 8.23. The number of hydrogen-bond acceptors (Lipinski definition) is 4. The molecule has 126 valence electrons. The van der Waals surface area contributed by atoms with Crippen molar-refractivity contribution < 1.29 is 9.90 Å². The molecule has 0 unspecified atom stereocenters. The van der Waals surface area contributed by atoms with E-state index in [9.17, 15) is 9.90 Å². The molecule has 2 heterocycles. The number of likely N-dealkylation sites (tertiary alicyclic amines) is 1. The van der Waals surface area contributed by atoms with Crippen LogP contribution in [0.3, 0.4) is 0 Å². The normalized spacial score (nSPS) is 26.2. The average Bonchev–Trinajstić information content (AvgIpc) is 2.96. The van der Waals surface area contributed by atoms with E-state index in [0.717, 1.165) is 45.2 Å². The van der Waals surface area contributed by atoms with Gasteiger partial charge in [-0.05, 0) is 44.2 Å². The van der Waals surface area contributed by atoms with Crippen LogP contribution in [0.5, 0.6) is 0 Å². The van der Waals surface area contributed by atoms with E-state index in [1.807, 2.05) is 0 Å². The summed E-state index contributed by atoms with van der Waals surface area (Å²) < 4.78 is 0. The van der Waals surface area contributed by atoms with E-state index < -0.39 is 0 Å². The summed E-state index contributed by atoms with van der Waals surface area (Å²) in [5, 5.41) is 16.0. The average molecular weight is 339 g/mol. The molecule has 1 aromatic rings. The standard InChI is InChI=1S/C16H23ClN4O2/c17-15-12(3-2-8-18-15)20-16(23)19-11-6-9-21(10-7-11)13-4-1-5-14(13)22/h2-3,8,11,13-14,22H,1,4-7,9-10H2,(H2,19,20,23)/t13-,14+/m0/s1. The quantitative estimate of drug-likeness (QED) is 0.739. The zero-order valence-corrected chi connectivity index (χ0v) is 13.8. The van der Waals surface area contributed by atoms with Crippen molar-refractivity contribution in [1.29, 1.82) is 0 Å². The molecule has 0 spiro atoms. The molecule has 2 fully saturated rings. The molecule has 2 aliphatic rings. The van der Waals surface area contributed by atoms with E-state index in [2.05, 4.69) is 20.5 Å². The Balaban J connectivity index is 1.45. The maximum absolute atomic E-state index is 12.1. The smallest absolute Gasteiger partial charge is 0.319 e. The van der Waals surface area contributed by atoms with Gasteiger partial charge in [-0.2, -0.15) is 0 Å². The lowest BCUT2D eigenvalue weighted by Gasteiger charge is -2.37. The van der Waals surface area contributed by atoms with Gasteiger partial charge in [-0.1, -0.05) is 11.6 Å². The number of amides is 2. The number of carbonyl (C=O) groups is 1. The topological polar surface area (TPSA) is 77.5 Å². The molecule has 6 nitrogen and oxygen atoms in total. The highest BCUT2D eigenvalue weighted by Crippen LogP contribution is 2.26. The minimum atomic E-state index is -0.251. The molecule has 0 aromatic carbocycles. The molecule has 0 radical (unpaired) electrons.